The van der Waals surface area contributed by atoms with E-state index < -0.39 is 73.6 Å². The molecule has 1 aliphatic heterocycles. The highest BCUT2D eigenvalue weighted by atomic mass is 28.3. The summed E-state index contributed by atoms with van der Waals surface area (Å²) in [4.78, 5) is 38.9. The van der Waals surface area contributed by atoms with E-state index in [0.29, 0.717) is 17.1 Å². The van der Waals surface area contributed by atoms with Gasteiger partial charge in [-0.2, -0.15) is 31.4 Å². The van der Waals surface area contributed by atoms with Crippen molar-refractivity contribution in [2.75, 3.05) is 36.5 Å². The number of piperidine rings is 1. The zero-order valence-corrected chi connectivity index (χ0v) is 26.1. The summed E-state index contributed by atoms with van der Waals surface area (Å²) in [5.41, 5.74) is -2.51. The summed E-state index contributed by atoms with van der Waals surface area (Å²) in [5.74, 6) is -1.76. The number of hydrogen-bond acceptors (Lipinski definition) is 9. The Hall–Kier alpha value is -3.32. The van der Waals surface area contributed by atoms with Crippen molar-refractivity contribution < 1.29 is 45.1 Å². The van der Waals surface area contributed by atoms with Crippen LogP contribution in [0.1, 0.15) is 30.9 Å². The molecule has 1 fully saturated rings. The summed E-state index contributed by atoms with van der Waals surface area (Å²) in [5, 5.41) is 6.26. The molecule has 2 aromatic heterocycles. The third-order valence-electron chi connectivity index (χ3n) is 6.90. The number of hydrogen-bond donors (Lipinski definition) is 2. The maximum atomic E-state index is 14.8. The summed E-state index contributed by atoms with van der Waals surface area (Å²) in [6, 6.07) is -0.118. The zero-order valence-electron chi connectivity index (χ0n) is 25.1. The van der Waals surface area contributed by atoms with Gasteiger partial charge >= 0.3 is 12.4 Å². The predicted octanol–water partition coefficient (Wildman–Crippen LogP) is 4.49. The van der Waals surface area contributed by atoms with Crippen LogP contribution in [0.4, 0.5) is 42.4 Å². The number of carbonyl (C=O) groups excluding carboxylic acids is 1. The normalized spacial score (nSPS) is 16.4. The van der Waals surface area contributed by atoms with Crippen LogP contribution in [-0.4, -0.2) is 72.2 Å². The zero-order chi connectivity index (χ0) is 33.6. The first kappa shape index (κ1) is 36.1. The molecule has 0 saturated carbocycles. The second kappa shape index (κ2) is 14.8. The van der Waals surface area contributed by atoms with Crippen molar-refractivity contribution in [1.29, 1.82) is 0 Å². The first-order chi connectivity index (χ1) is 20.9. The van der Waals surface area contributed by atoms with Crippen LogP contribution in [0, 0.1) is 5.92 Å². The van der Waals surface area contributed by atoms with E-state index in [1.54, 1.807) is 4.90 Å². The molecule has 2 aromatic rings. The molecule has 0 aromatic carbocycles. The van der Waals surface area contributed by atoms with Gasteiger partial charge in [-0.15, -0.1) is 0 Å². The maximum Gasteiger partial charge on any atom is 0.423 e. The van der Waals surface area contributed by atoms with Gasteiger partial charge in [-0.1, -0.05) is 19.6 Å². The van der Waals surface area contributed by atoms with E-state index in [2.05, 4.69) is 40.0 Å². The van der Waals surface area contributed by atoms with Crippen LogP contribution in [0.15, 0.2) is 23.4 Å². The Kier molecular flexibility index (Phi) is 11.9. The number of anilines is 2. The standard InChI is InChI=1S/C26H36F7N7O4Si/c1-16(37-19-13-36-40(15-43-9-10-45(2,3)4)23(42)20(19)26(31,32)33)14-44-38-22(41)21(27)17-5-7-39(8-6-17)24-34-11-18(12-35-24)25(28,29)30/h11-13,16-17,21,37H,5-10,14-15H2,1-4H3,(H,38,41). The first-order valence-corrected chi connectivity index (χ1v) is 17.8. The van der Waals surface area contributed by atoms with Crippen molar-refractivity contribution >= 4 is 25.6 Å². The highest BCUT2D eigenvalue weighted by Crippen LogP contribution is 2.32. The lowest BCUT2D eigenvalue weighted by molar-refractivity contribution is -0.141. The van der Waals surface area contributed by atoms with E-state index >= 15 is 0 Å². The Labute approximate surface area is 255 Å². The number of aromatic nitrogens is 4. The van der Waals surface area contributed by atoms with Gasteiger partial charge in [0.15, 0.2) is 6.17 Å². The summed E-state index contributed by atoms with van der Waals surface area (Å²) < 4.78 is 100. The SMILES string of the molecule is CC(CONC(=O)C(F)C1CCN(c2ncc(C(F)(F)F)cn2)CC1)Nc1cnn(COCC[Si](C)(C)C)c(=O)c1C(F)(F)F. The van der Waals surface area contributed by atoms with Gasteiger partial charge in [-0.25, -0.2) is 24.5 Å². The Morgan fingerprint density at radius 3 is 2.24 bits per heavy atom. The molecule has 0 aliphatic carbocycles. The van der Waals surface area contributed by atoms with Crippen molar-refractivity contribution in [3.05, 3.63) is 40.1 Å². The van der Waals surface area contributed by atoms with Gasteiger partial charge in [0.05, 0.1) is 24.1 Å². The van der Waals surface area contributed by atoms with Crippen LogP contribution in [0.25, 0.3) is 0 Å². The summed E-state index contributed by atoms with van der Waals surface area (Å²) in [6.07, 6.45) is -9.04. The van der Waals surface area contributed by atoms with E-state index in [9.17, 15) is 40.3 Å². The van der Waals surface area contributed by atoms with Crippen molar-refractivity contribution in [1.82, 2.24) is 25.2 Å². The summed E-state index contributed by atoms with van der Waals surface area (Å²) in [7, 11) is -1.45. The van der Waals surface area contributed by atoms with Crippen molar-refractivity contribution in [3.8, 4) is 0 Å². The summed E-state index contributed by atoms with van der Waals surface area (Å²) >= 11 is 0. The molecule has 19 heteroatoms. The minimum absolute atomic E-state index is 0.0538. The first-order valence-electron chi connectivity index (χ1n) is 14.1. The predicted molar refractivity (Wildman–Crippen MR) is 152 cm³/mol. The van der Waals surface area contributed by atoms with E-state index in [-0.39, 0.29) is 45.1 Å². The number of nitrogens with one attached hydrogen (secondary N) is 2. The Bertz CT molecular complexity index is 1330. The molecule has 11 nitrogen and oxygen atoms in total. The van der Waals surface area contributed by atoms with Gasteiger partial charge in [0, 0.05) is 52.1 Å². The Balaban J connectivity index is 1.48. The van der Waals surface area contributed by atoms with Crippen molar-refractivity contribution in [3.63, 3.8) is 0 Å². The van der Waals surface area contributed by atoms with Gasteiger partial charge in [0.25, 0.3) is 11.5 Å². The summed E-state index contributed by atoms with van der Waals surface area (Å²) in [6.45, 7) is 7.58. The van der Waals surface area contributed by atoms with Gasteiger partial charge in [-0.3, -0.25) is 14.4 Å². The molecule has 0 spiro atoms. The fourth-order valence-electron chi connectivity index (χ4n) is 4.33. The fourth-order valence-corrected chi connectivity index (χ4v) is 5.09. The molecular weight excluding hydrogens is 635 g/mol. The molecule has 1 aliphatic rings. The van der Waals surface area contributed by atoms with E-state index in [0.717, 1.165) is 12.2 Å². The van der Waals surface area contributed by atoms with Crippen LogP contribution < -0.4 is 21.3 Å². The van der Waals surface area contributed by atoms with Gasteiger partial charge in [0.2, 0.25) is 5.95 Å². The number of alkyl halides is 7. The third-order valence-corrected chi connectivity index (χ3v) is 8.60. The molecule has 3 rings (SSSR count). The van der Waals surface area contributed by atoms with Crippen molar-refractivity contribution in [2.45, 2.75) is 76.7 Å². The maximum absolute atomic E-state index is 14.8. The number of rotatable bonds is 13. The van der Waals surface area contributed by atoms with E-state index in [4.69, 9.17) is 9.57 Å². The quantitative estimate of drug-likeness (QED) is 0.137. The molecule has 0 bridgehead atoms. The number of hydroxylamine groups is 1. The molecule has 1 amide bonds. The second-order valence-electron chi connectivity index (χ2n) is 11.9. The monoisotopic (exact) mass is 671 g/mol. The highest BCUT2D eigenvalue weighted by Gasteiger charge is 2.39. The average Bonchev–Trinajstić information content (AvgIpc) is 2.94. The smallest absolute Gasteiger partial charge is 0.378 e. The molecule has 2 N–H and O–H groups in total. The lowest BCUT2D eigenvalue weighted by Crippen LogP contribution is -2.43. The number of nitrogens with zero attached hydrogens (tertiary/aromatic N) is 5. The fraction of sp³-hybridized carbons (Fsp3) is 0.654. The van der Waals surface area contributed by atoms with E-state index in [1.165, 1.54) is 6.92 Å². The number of halogens is 7. The number of ether oxygens (including phenoxy) is 1. The van der Waals surface area contributed by atoms with Crippen LogP contribution in [0.3, 0.4) is 0 Å². The highest BCUT2D eigenvalue weighted by molar-refractivity contribution is 6.76. The minimum atomic E-state index is -5.01. The molecule has 2 unspecified atom stereocenters. The van der Waals surface area contributed by atoms with Crippen molar-refractivity contribution in [2.24, 2.45) is 5.92 Å². The molecule has 3 heterocycles. The van der Waals surface area contributed by atoms with E-state index in [1.807, 2.05) is 5.48 Å². The van der Waals surface area contributed by atoms with Crippen LogP contribution in [-0.2, 0) is 33.5 Å². The molecular formula is C26H36F7N7O4Si. The topological polar surface area (TPSA) is 124 Å². The van der Waals surface area contributed by atoms with Gasteiger partial charge in [0.1, 0.15) is 12.3 Å². The molecule has 0 radical (unpaired) electrons. The molecule has 2 atom stereocenters. The lowest BCUT2D eigenvalue weighted by atomic mass is 9.92. The number of carbonyl (C=O) groups is 1. The van der Waals surface area contributed by atoms with Gasteiger partial charge in [-0.05, 0) is 25.8 Å². The average molecular weight is 672 g/mol. The lowest BCUT2D eigenvalue weighted by Gasteiger charge is -2.33. The largest absolute Gasteiger partial charge is 0.423 e. The Morgan fingerprint density at radius 2 is 1.69 bits per heavy atom. The second-order valence-corrected chi connectivity index (χ2v) is 17.5. The van der Waals surface area contributed by atoms with Crippen LogP contribution >= 0.6 is 0 Å². The number of amides is 1. The van der Waals surface area contributed by atoms with Crippen LogP contribution in [0.2, 0.25) is 25.7 Å². The van der Waals surface area contributed by atoms with Crippen LogP contribution in [0.5, 0.6) is 0 Å². The van der Waals surface area contributed by atoms with Gasteiger partial charge < -0.3 is 15.0 Å². The third kappa shape index (κ3) is 10.6. The molecule has 45 heavy (non-hydrogen) atoms. The minimum Gasteiger partial charge on any atom is -0.378 e. The molecule has 1 saturated heterocycles. The Morgan fingerprint density at radius 1 is 1.07 bits per heavy atom. The molecule has 252 valence electrons.